The van der Waals surface area contributed by atoms with Gasteiger partial charge >= 0.3 is 5.97 Å². The molecule has 2 aromatic heterocycles. The fourth-order valence-electron chi connectivity index (χ4n) is 6.24. The van der Waals surface area contributed by atoms with Crippen molar-refractivity contribution in [1.29, 1.82) is 0 Å². The molecule has 7 heteroatoms. The second-order valence-electron chi connectivity index (χ2n) is 10.4. The van der Waals surface area contributed by atoms with Gasteiger partial charge in [-0.05, 0) is 49.1 Å². The molecular formula is C37H47N3O4. The Bertz CT molecular complexity index is 1690. The predicted molar refractivity (Wildman–Crippen MR) is 180 cm³/mol. The van der Waals surface area contributed by atoms with Gasteiger partial charge in [0.2, 0.25) is 0 Å². The Kier molecular flexibility index (Phi) is 11.6. The number of aryl methyl sites for hydroxylation is 3. The van der Waals surface area contributed by atoms with Gasteiger partial charge in [-0.1, -0.05) is 89.2 Å². The summed E-state index contributed by atoms with van der Waals surface area (Å²) >= 11 is 0. The molecule has 0 fully saturated rings. The quantitative estimate of drug-likeness (QED) is 0.190. The average molecular weight is 598 g/mol. The Labute approximate surface area is 261 Å². The molecule has 0 saturated carbocycles. The number of hydrogen-bond acceptors (Lipinski definition) is 4. The highest BCUT2D eigenvalue weighted by Crippen LogP contribution is 2.39. The summed E-state index contributed by atoms with van der Waals surface area (Å²) in [4.78, 5) is 12.8. The van der Waals surface area contributed by atoms with Crippen LogP contribution in [0.25, 0.3) is 32.8 Å². The summed E-state index contributed by atoms with van der Waals surface area (Å²) in [6.45, 7) is 12.3. The highest BCUT2D eigenvalue weighted by atomic mass is 16.5. The zero-order valence-corrected chi connectivity index (χ0v) is 27.2. The van der Waals surface area contributed by atoms with E-state index in [-0.39, 0.29) is 0 Å². The van der Waals surface area contributed by atoms with Crippen LogP contribution in [0.15, 0.2) is 60.7 Å². The number of para-hydroxylation sites is 1. The van der Waals surface area contributed by atoms with Gasteiger partial charge in [0.05, 0.1) is 24.4 Å². The summed E-state index contributed by atoms with van der Waals surface area (Å²) in [5.41, 5.74) is 6.38. The molecule has 0 unspecified atom stereocenters. The Hall–Kier alpha value is -4.10. The first-order chi connectivity index (χ1) is 21.6. The third kappa shape index (κ3) is 6.53. The van der Waals surface area contributed by atoms with Crippen LogP contribution in [0.3, 0.4) is 0 Å². The molecule has 3 heterocycles. The minimum Gasteiger partial charge on any atom is -0.493 e. The van der Waals surface area contributed by atoms with Crippen molar-refractivity contribution in [2.24, 2.45) is 7.05 Å². The normalized spacial score (nSPS) is 12.8. The number of carboxylic acids is 1. The number of ether oxygens (including phenoxy) is 2. The van der Waals surface area contributed by atoms with Crippen LogP contribution in [0.1, 0.15) is 81.3 Å². The molecule has 0 spiro atoms. The molecule has 0 bridgehead atoms. The van der Waals surface area contributed by atoms with Crippen molar-refractivity contribution >= 4 is 27.6 Å². The zero-order chi connectivity index (χ0) is 31.6. The number of nitrogens with zero attached hydrogens (tertiary/aromatic N) is 3. The van der Waals surface area contributed by atoms with E-state index in [0.29, 0.717) is 44.9 Å². The van der Waals surface area contributed by atoms with Gasteiger partial charge in [-0.3, -0.25) is 4.68 Å². The van der Waals surface area contributed by atoms with Gasteiger partial charge in [0.15, 0.2) is 0 Å². The Morgan fingerprint density at radius 2 is 1.70 bits per heavy atom. The smallest absolute Gasteiger partial charge is 0.352 e. The van der Waals surface area contributed by atoms with Crippen LogP contribution in [0.2, 0.25) is 0 Å². The van der Waals surface area contributed by atoms with Crippen LogP contribution in [-0.2, 0) is 37.8 Å². The lowest BCUT2D eigenvalue weighted by Gasteiger charge is -2.12. The number of rotatable bonds is 7. The van der Waals surface area contributed by atoms with Gasteiger partial charge in [0.25, 0.3) is 0 Å². The van der Waals surface area contributed by atoms with Crippen LogP contribution < -0.4 is 4.74 Å². The minimum absolute atomic E-state index is 0.385. The molecule has 3 aromatic carbocycles. The second kappa shape index (κ2) is 15.6. The topological polar surface area (TPSA) is 78.5 Å². The maximum absolute atomic E-state index is 12.8. The molecule has 0 radical (unpaired) electrons. The van der Waals surface area contributed by atoms with E-state index in [0.717, 1.165) is 74.8 Å². The maximum atomic E-state index is 12.8. The summed E-state index contributed by atoms with van der Waals surface area (Å²) < 4.78 is 16.2. The molecule has 0 atom stereocenters. The standard InChI is InChI=1S/C33H35N3O4.2C2H6/c1-3-28-30-26-15-9-14-24-25(16-10-20-40-29-17-8-12-22-11-4-5-13-23(22)29)32(33(37)38)36(31(24)26)18-6-7-19-39-21-27(30)34-35(28)2;2*1-2/h4-5,8-9,11-15,17H,3,6-7,10,16,18-21H2,1-2H3,(H,37,38);2*1-2H3. The molecule has 0 aliphatic carbocycles. The third-order valence-electron chi connectivity index (χ3n) is 7.97. The first kappa shape index (κ1) is 32.8. The van der Waals surface area contributed by atoms with Crippen LogP contribution >= 0.6 is 0 Å². The largest absolute Gasteiger partial charge is 0.493 e. The highest BCUT2D eigenvalue weighted by Gasteiger charge is 2.27. The van der Waals surface area contributed by atoms with E-state index in [2.05, 4.69) is 37.3 Å². The summed E-state index contributed by atoms with van der Waals surface area (Å²) in [5.74, 6) is -0.0329. The molecule has 6 rings (SSSR count). The van der Waals surface area contributed by atoms with Gasteiger partial charge in [0, 0.05) is 47.8 Å². The van der Waals surface area contributed by atoms with Gasteiger partial charge in [-0.2, -0.15) is 5.10 Å². The van der Waals surface area contributed by atoms with E-state index < -0.39 is 5.97 Å². The predicted octanol–water partition coefficient (Wildman–Crippen LogP) is 8.83. The molecular weight excluding hydrogens is 550 g/mol. The van der Waals surface area contributed by atoms with Crippen LogP contribution in [0.5, 0.6) is 5.75 Å². The van der Waals surface area contributed by atoms with E-state index in [1.54, 1.807) is 0 Å². The van der Waals surface area contributed by atoms with E-state index in [1.807, 2.05) is 74.3 Å². The molecule has 5 aromatic rings. The van der Waals surface area contributed by atoms with E-state index in [1.165, 1.54) is 0 Å². The lowest BCUT2D eigenvalue weighted by atomic mass is 9.97. The van der Waals surface area contributed by atoms with Gasteiger partial charge in [-0.25, -0.2) is 4.79 Å². The first-order valence-electron chi connectivity index (χ1n) is 16.2. The number of hydrogen-bond donors (Lipinski definition) is 1. The summed E-state index contributed by atoms with van der Waals surface area (Å²) in [6, 6.07) is 20.5. The monoisotopic (exact) mass is 597 g/mol. The van der Waals surface area contributed by atoms with Crippen molar-refractivity contribution in [2.45, 2.75) is 79.9 Å². The molecule has 234 valence electrons. The lowest BCUT2D eigenvalue weighted by molar-refractivity contribution is 0.0683. The number of carboxylic acid groups (broad SMARTS) is 1. The first-order valence-corrected chi connectivity index (χ1v) is 16.2. The SMILES string of the molecule is CC.CC.CCc1c2c(nn1C)COCCCCn1c(C(=O)O)c(CCCOc3cccc4ccccc34)c3cccc-2c31. The van der Waals surface area contributed by atoms with Crippen LogP contribution in [0, 0.1) is 0 Å². The van der Waals surface area contributed by atoms with Gasteiger partial charge in [-0.15, -0.1) is 0 Å². The molecule has 0 amide bonds. The summed E-state index contributed by atoms with van der Waals surface area (Å²) in [7, 11) is 1.97. The number of benzene rings is 3. The maximum Gasteiger partial charge on any atom is 0.352 e. The summed E-state index contributed by atoms with van der Waals surface area (Å²) in [5, 5.41) is 18.5. The van der Waals surface area contributed by atoms with E-state index in [9.17, 15) is 9.90 Å². The van der Waals surface area contributed by atoms with Crippen molar-refractivity contribution in [2.75, 3.05) is 13.2 Å². The average Bonchev–Trinajstić information content (AvgIpc) is 3.55. The fourth-order valence-corrected chi connectivity index (χ4v) is 6.24. The molecule has 7 nitrogen and oxygen atoms in total. The number of carbonyl (C=O) groups is 1. The number of aromatic nitrogens is 3. The lowest BCUT2D eigenvalue weighted by Crippen LogP contribution is -2.12. The fraction of sp³-hybridized carbons (Fsp3) is 0.405. The minimum atomic E-state index is -0.889. The molecule has 1 N–H and O–H groups in total. The molecule has 1 aliphatic heterocycles. The number of aromatic carboxylic acids is 1. The number of fused-ring (bicyclic) bond motifs is 3. The third-order valence-corrected chi connectivity index (χ3v) is 7.97. The highest BCUT2D eigenvalue weighted by molar-refractivity contribution is 6.04. The van der Waals surface area contributed by atoms with Crippen molar-refractivity contribution in [3.63, 3.8) is 0 Å². The van der Waals surface area contributed by atoms with Gasteiger partial charge in [0.1, 0.15) is 11.4 Å². The summed E-state index contributed by atoms with van der Waals surface area (Å²) in [6.07, 6.45) is 3.84. The van der Waals surface area contributed by atoms with Crippen LogP contribution in [0.4, 0.5) is 0 Å². The Balaban J connectivity index is 0.00000106. The van der Waals surface area contributed by atoms with E-state index in [4.69, 9.17) is 14.6 Å². The van der Waals surface area contributed by atoms with Crippen molar-refractivity contribution in [3.05, 3.63) is 83.3 Å². The van der Waals surface area contributed by atoms with Crippen molar-refractivity contribution < 1.29 is 19.4 Å². The van der Waals surface area contributed by atoms with E-state index >= 15 is 0 Å². The van der Waals surface area contributed by atoms with Crippen LogP contribution in [-0.4, -0.2) is 38.6 Å². The van der Waals surface area contributed by atoms with Gasteiger partial charge < -0.3 is 19.1 Å². The Morgan fingerprint density at radius 3 is 2.48 bits per heavy atom. The zero-order valence-electron chi connectivity index (χ0n) is 27.2. The second-order valence-corrected chi connectivity index (χ2v) is 10.4. The Morgan fingerprint density at radius 1 is 0.977 bits per heavy atom. The molecule has 0 saturated heterocycles. The van der Waals surface area contributed by atoms with Crippen molar-refractivity contribution in [3.8, 4) is 16.9 Å². The molecule has 44 heavy (non-hydrogen) atoms. The van der Waals surface area contributed by atoms with Crippen molar-refractivity contribution in [1.82, 2.24) is 14.3 Å². The molecule has 1 aliphatic rings.